The number of hydrogen-bond donors (Lipinski definition) is 2. The van der Waals surface area contributed by atoms with Crippen molar-refractivity contribution in [3.63, 3.8) is 0 Å². The maximum atomic E-state index is 11.8. The number of rotatable bonds is 3. The van der Waals surface area contributed by atoms with Crippen LogP contribution in [0.15, 0.2) is 0 Å². The molecule has 0 radical (unpaired) electrons. The highest BCUT2D eigenvalue weighted by Crippen LogP contribution is 2.29. The van der Waals surface area contributed by atoms with Crippen molar-refractivity contribution in [2.75, 3.05) is 18.8 Å². The molecule has 1 saturated heterocycles. The molecule has 2 unspecified atom stereocenters. The van der Waals surface area contributed by atoms with Gasteiger partial charge in [0.1, 0.15) is 0 Å². The van der Waals surface area contributed by atoms with Crippen LogP contribution in [-0.4, -0.2) is 36.3 Å². The molecule has 102 valence electrons. The molecule has 0 bridgehead atoms. The summed E-state index contributed by atoms with van der Waals surface area (Å²) in [6, 6.07) is -0.0601. The largest absolute Gasteiger partial charge is 0.442 e. The van der Waals surface area contributed by atoms with E-state index in [2.05, 4.69) is 10.6 Å². The van der Waals surface area contributed by atoms with Crippen LogP contribution in [0.3, 0.4) is 0 Å². The minimum absolute atomic E-state index is 0. The SMILES string of the molecule is CC1CCNCC1NC(=O)CSC(F)(F)F.Cl. The molecule has 1 amide bonds. The highest BCUT2D eigenvalue weighted by molar-refractivity contribution is 8.00. The van der Waals surface area contributed by atoms with Crippen LogP contribution in [-0.2, 0) is 4.79 Å². The molecule has 1 rings (SSSR count). The lowest BCUT2D eigenvalue weighted by atomic mass is 9.95. The number of amides is 1. The van der Waals surface area contributed by atoms with E-state index in [-0.39, 0.29) is 30.2 Å². The van der Waals surface area contributed by atoms with Crippen LogP contribution in [0.4, 0.5) is 13.2 Å². The Balaban J connectivity index is 0.00000256. The highest BCUT2D eigenvalue weighted by Gasteiger charge is 2.30. The van der Waals surface area contributed by atoms with Gasteiger partial charge in [-0.15, -0.1) is 12.4 Å². The maximum Gasteiger partial charge on any atom is 0.442 e. The Morgan fingerprint density at radius 2 is 2.18 bits per heavy atom. The molecule has 0 spiro atoms. The fourth-order valence-corrected chi connectivity index (χ4v) is 1.96. The molecule has 0 aromatic rings. The summed E-state index contributed by atoms with van der Waals surface area (Å²) in [5.41, 5.74) is -4.34. The van der Waals surface area contributed by atoms with Crippen LogP contribution in [0.5, 0.6) is 0 Å². The lowest BCUT2D eigenvalue weighted by Crippen LogP contribution is -2.50. The summed E-state index contributed by atoms with van der Waals surface area (Å²) >= 11 is -0.301. The molecule has 2 N–H and O–H groups in total. The topological polar surface area (TPSA) is 41.1 Å². The van der Waals surface area contributed by atoms with Gasteiger partial charge in [-0.05, 0) is 30.6 Å². The smallest absolute Gasteiger partial charge is 0.351 e. The Kier molecular flexibility index (Phi) is 7.27. The Hall–Kier alpha value is -0.140. The van der Waals surface area contributed by atoms with Crippen molar-refractivity contribution in [3.8, 4) is 0 Å². The molecule has 3 nitrogen and oxygen atoms in total. The predicted molar refractivity (Wildman–Crippen MR) is 64.3 cm³/mol. The maximum absolute atomic E-state index is 11.8. The minimum atomic E-state index is -4.34. The van der Waals surface area contributed by atoms with E-state index in [1.807, 2.05) is 6.92 Å². The number of piperidine rings is 1. The number of thioether (sulfide) groups is 1. The molecule has 1 heterocycles. The Bertz CT molecular complexity index is 253. The molecule has 0 aromatic carbocycles. The van der Waals surface area contributed by atoms with Crippen LogP contribution < -0.4 is 10.6 Å². The summed E-state index contributed by atoms with van der Waals surface area (Å²) in [5, 5.41) is 5.72. The molecule has 0 saturated carbocycles. The van der Waals surface area contributed by atoms with Crippen LogP contribution >= 0.6 is 24.2 Å². The predicted octanol–water partition coefficient (Wildman–Crippen LogP) is 1.78. The van der Waals surface area contributed by atoms with Crippen molar-refractivity contribution in [2.45, 2.75) is 24.9 Å². The third-order valence-corrected chi connectivity index (χ3v) is 3.27. The zero-order valence-corrected chi connectivity index (χ0v) is 11.0. The normalized spacial score (nSPS) is 24.9. The molecule has 1 aliphatic heterocycles. The fourth-order valence-electron chi connectivity index (χ4n) is 1.58. The first kappa shape index (κ1) is 16.9. The van der Waals surface area contributed by atoms with E-state index in [0.29, 0.717) is 12.5 Å². The first-order valence-corrected chi connectivity index (χ1v) is 6.08. The first-order valence-electron chi connectivity index (χ1n) is 5.09. The van der Waals surface area contributed by atoms with Crippen LogP contribution in [0.2, 0.25) is 0 Å². The van der Waals surface area contributed by atoms with Gasteiger partial charge in [0.25, 0.3) is 0 Å². The molecular formula is C9H16ClF3N2OS. The lowest BCUT2D eigenvalue weighted by molar-refractivity contribution is -0.119. The Morgan fingerprint density at radius 3 is 2.71 bits per heavy atom. The minimum Gasteiger partial charge on any atom is -0.351 e. The van der Waals surface area contributed by atoms with Gasteiger partial charge in [-0.25, -0.2) is 0 Å². The van der Waals surface area contributed by atoms with Gasteiger partial charge >= 0.3 is 5.51 Å². The fraction of sp³-hybridized carbons (Fsp3) is 0.889. The molecule has 8 heteroatoms. The summed E-state index contributed by atoms with van der Waals surface area (Å²) in [4.78, 5) is 11.2. The van der Waals surface area contributed by atoms with E-state index >= 15 is 0 Å². The number of nitrogens with one attached hydrogen (secondary N) is 2. The third-order valence-electron chi connectivity index (χ3n) is 2.54. The molecule has 1 aliphatic rings. The van der Waals surface area contributed by atoms with E-state index in [4.69, 9.17) is 0 Å². The average molecular weight is 293 g/mol. The summed E-state index contributed by atoms with van der Waals surface area (Å²) in [5.74, 6) is -0.809. The lowest BCUT2D eigenvalue weighted by Gasteiger charge is -2.30. The second-order valence-corrected chi connectivity index (χ2v) is 4.92. The summed E-state index contributed by atoms with van der Waals surface area (Å²) < 4.78 is 35.5. The van der Waals surface area contributed by atoms with Crippen LogP contribution in [0.1, 0.15) is 13.3 Å². The monoisotopic (exact) mass is 292 g/mol. The zero-order valence-electron chi connectivity index (χ0n) is 9.34. The summed E-state index contributed by atoms with van der Waals surface area (Å²) in [7, 11) is 0. The zero-order chi connectivity index (χ0) is 12.2. The van der Waals surface area contributed by atoms with E-state index in [1.54, 1.807) is 0 Å². The molecule has 17 heavy (non-hydrogen) atoms. The second kappa shape index (κ2) is 7.33. The standard InChI is InChI=1S/C9H15F3N2OS.ClH/c1-6-2-3-13-4-7(6)14-8(15)5-16-9(10,11)12;/h6-7,13H,2-5H2,1H3,(H,14,15);1H. The van der Waals surface area contributed by atoms with Crippen LogP contribution in [0.25, 0.3) is 0 Å². The van der Waals surface area contributed by atoms with Gasteiger partial charge in [-0.2, -0.15) is 13.2 Å². The van der Waals surface area contributed by atoms with Gasteiger partial charge in [0.15, 0.2) is 0 Å². The third kappa shape index (κ3) is 7.00. The average Bonchev–Trinajstić information content (AvgIpc) is 2.18. The van der Waals surface area contributed by atoms with E-state index in [1.165, 1.54) is 0 Å². The Morgan fingerprint density at radius 1 is 1.53 bits per heavy atom. The van der Waals surface area contributed by atoms with Crippen molar-refractivity contribution in [2.24, 2.45) is 5.92 Å². The molecule has 0 aromatic heterocycles. The van der Waals surface area contributed by atoms with Crippen molar-refractivity contribution < 1.29 is 18.0 Å². The second-order valence-electron chi connectivity index (χ2n) is 3.88. The van der Waals surface area contributed by atoms with E-state index in [9.17, 15) is 18.0 Å². The molecule has 0 aliphatic carbocycles. The first-order chi connectivity index (χ1) is 7.38. The van der Waals surface area contributed by atoms with Gasteiger partial charge in [0, 0.05) is 12.6 Å². The molecule has 2 atom stereocenters. The van der Waals surface area contributed by atoms with Crippen LogP contribution in [0, 0.1) is 5.92 Å². The Labute approximate surface area is 109 Å². The van der Waals surface area contributed by atoms with Crippen molar-refractivity contribution in [1.29, 1.82) is 0 Å². The van der Waals surface area contributed by atoms with Crippen molar-refractivity contribution in [1.82, 2.24) is 10.6 Å². The summed E-state index contributed by atoms with van der Waals surface area (Å²) in [6.07, 6.45) is 0.928. The van der Waals surface area contributed by atoms with E-state index in [0.717, 1.165) is 13.0 Å². The number of carbonyl (C=O) groups excluding carboxylic acids is 1. The van der Waals surface area contributed by atoms with Gasteiger partial charge in [-0.1, -0.05) is 6.92 Å². The van der Waals surface area contributed by atoms with E-state index < -0.39 is 17.2 Å². The number of alkyl halides is 3. The van der Waals surface area contributed by atoms with Crippen molar-refractivity contribution >= 4 is 30.1 Å². The van der Waals surface area contributed by atoms with Crippen molar-refractivity contribution in [3.05, 3.63) is 0 Å². The summed E-state index contributed by atoms with van der Waals surface area (Å²) in [6.45, 7) is 3.51. The van der Waals surface area contributed by atoms with Gasteiger partial charge in [-0.3, -0.25) is 4.79 Å². The number of hydrogen-bond acceptors (Lipinski definition) is 3. The van der Waals surface area contributed by atoms with Gasteiger partial charge in [0.05, 0.1) is 5.75 Å². The van der Waals surface area contributed by atoms with Gasteiger partial charge < -0.3 is 10.6 Å². The molecular weight excluding hydrogens is 277 g/mol. The molecule has 1 fully saturated rings. The highest BCUT2D eigenvalue weighted by atomic mass is 35.5. The number of halogens is 4. The quantitative estimate of drug-likeness (QED) is 0.833. The van der Waals surface area contributed by atoms with Gasteiger partial charge in [0.2, 0.25) is 5.91 Å². The number of carbonyl (C=O) groups is 1.